The summed E-state index contributed by atoms with van der Waals surface area (Å²) in [5, 5.41) is 0. The number of hydrogen-bond acceptors (Lipinski definition) is 2. The van der Waals surface area contributed by atoms with Gasteiger partial charge in [0, 0.05) is 18.7 Å². The van der Waals surface area contributed by atoms with Crippen molar-refractivity contribution in [2.24, 2.45) is 5.73 Å². The van der Waals surface area contributed by atoms with Crippen LogP contribution in [0.5, 0.6) is 0 Å². The zero-order valence-electron chi connectivity index (χ0n) is 10.4. The summed E-state index contributed by atoms with van der Waals surface area (Å²) in [4.78, 5) is 0. The van der Waals surface area contributed by atoms with Crippen molar-refractivity contribution in [3.63, 3.8) is 0 Å². The number of benzene rings is 1. The van der Waals surface area contributed by atoms with Crippen molar-refractivity contribution >= 4 is 0 Å². The third kappa shape index (κ3) is 3.75. The fourth-order valence-corrected chi connectivity index (χ4v) is 2.38. The molecule has 2 unspecified atom stereocenters. The highest BCUT2D eigenvalue weighted by atomic mass is 19.1. The fourth-order valence-electron chi connectivity index (χ4n) is 2.38. The minimum atomic E-state index is -0.555. The van der Waals surface area contributed by atoms with E-state index in [1.807, 2.05) is 0 Å². The molecule has 1 aromatic rings. The molecule has 0 aliphatic carbocycles. The van der Waals surface area contributed by atoms with E-state index in [1.54, 1.807) is 0 Å². The lowest BCUT2D eigenvalue weighted by Crippen LogP contribution is -2.31. The van der Waals surface area contributed by atoms with E-state index in [9.17, 15) is 8.78 Å². The maximum Gasteiger partial charge on any atom is 0.129 e. The fraction of sp³-hybridized carbons (Fsp3) is 0.571. The molecule has 1 fully saturated rings. The normalized spacial score (nSPS) is 21.8. The molecule has 0 aromatic heterocycles. The molecule has 0 radical (unpaired) electrons. The Bertz CT molecular complexity index is 391. The predicted octanol–water partition coefficient (Wildman–Crippen LogP) is 2.79. The van der Waals surface area contributed by atoms with Crippen molar-refractivity contribution in [2.45, 2.75) is 44.2 Å². The van der Waals surface area contributed by atoms with Gasteiger partial charge in [-0.2, -0.15) is 0 Å². The third-order valence-corrected chi connectivity index (χ3v) is 3.34. The molecule has 1 heterocycles. The SMILES string of the molecule is NC(Cc1ccc(F)cc1F)CC1CCCCO1. The van der Waals surface area contributed by atoms with Crippen LogP contribution in [0.2, 0.25) is 0 Å². The van der Waals surface area contributed by atoms with Gasteiger partial charge in [-0.25, -0.2) is 8.78 Å². The van der Waals surface area contributed by atoms with Gasteiger partial charge in [0.25, 0.3) is 0 Å². The molecular weight excluding hydrogens is 236 g/mol. The molecule has 2 nitrogen and oxygen atoms in total. The molecule has 4 heteroatoms. The largest absolute Gasteiger partial charge is 0.378 e. The third-order valence-electron chi connectivity index (χ3n) is 3.34. The lowest BCUT2D eigenvalue weighted by molar-refractivity contribution is 0.00743. The molecule has 0 spiro atoms. The number of halogens is 2. The molecule has 0 saturated carbocycles. The number of rotatable bonds is 4. The molecule has 100 valence electrons. The summed E-state index contributed by atoms with van der Waals surface area (Å²) >= 11 is 0. The second kappa shape index (κ2) is 6.25. The van der Waals surface area contributed by atoms with Crippen LogP contribution in [0.25, 0.3) is 0 Å². The average molecular weight is 255 g/mol. The van der Waals surface area contributed by atoms with Gasteiger partial charge in [0.1, 0.15) is 11.6 Å². The molecule has 2 rings (SSSR count). The van der Waals surface area contributed by atoms with Crippen LogP contribution in [0.4, 0.5) is 8.78 Å². The minimum Gasteiger partial charge on any atom is -0.378 e. The van der Waals surface area contributed by atoms with Crippen molar-refractivity contribution in [2.75, 3.05) is 6.61 Å². The number of ether oxygens (including phenoxy) is 1. The molecule has 1 saturated heterocycles. The monoisotopic (exact) mass is 255 g/mol. The van der Waals surface area contributed by atoms with Crippen molar-refractivity contribution < 1.29 is 13.5 Å². The summed E-state index contributed by atoms with van der Waals surface area (Å²) in [6.45, 7) is 0.794. The average Bonchev–Trinajstić information content (AvgIpc) is 2.34. The van der Waals surface area contributed by atoms with Gasteiger partial charge in [-0.05, 0) is 43.7 Å². The van der Waals surface area contributed by atoms with Crippen LogP contribution in [0.3, 0.4) is 0 Å². The summed E-state index contributed by atoms with van der Waals surface area (Å²) in [6, 6.07) is 3.49. The van der Waals surface area contributed by atoms with Gasteiger partial charge in [0.2, 0.25) is 0 Å². The first-order valence-corrected chi connectivity index (χ1v) is 6.46. The van der Waals surface area contributed by atoms with E-state index < -0.39 is 11.6 Å². The molecule has 0 amide bonds. The summed E-state index contributed by atoms with van der Waals surface area (Å²) < 4.78 is 31.8. The molecule has 2 N–H and O–H groups in total. The van der Waals surface area contributed by atoms with E-state index in [4.69, 9.17) is 10.5 Å². The first-order valence-electron chi connectivity index (χ1n) is 6.46. The van der Waals surface area contributed by atoms with Crippen LogP contribution in [0.15, 0.2) is 18.2 Å². The molecule has 18 heavy (non-hydrogen) atoms. The van der Waals surface area contributed by atoms with Crippen LogP contribution in [-0.4, -0.2) is 18.8 Å². The Labute approximate surface area is 106 Å². The smallest absolute Gasteiger partial charge is 0.129 e. The number of nitrogens with two attached hydrogens (primary N) is 1. The van der Waals surface area contributed by atoms with Gasteiger partial charge in [0.15, 0.2) is 0 Å². The van der Waals surface area contributed by atoms with Crippen LogP contribution < -0.4 is 5.73 Å². The maximum atomic E-state index is 13.5. The van der Waals surface area contributed by atoms with Gasteiger partial charge in [-0.15, -0.1) is 0 Å². The van der Waals surface area contributed by atoms with Gasteiger partial charge >= 0.3 is 0 Å². The molecule has 2 atom stereocenters. The van der Waals surface area contributed by atoms with Crippen LogP contribution in [0.1, 0.15) is 31.2 Å². The molecule has 1 aromatic carbocycles. The Balaban J connectivity index is 1.87. The lowest BCUT2D eigenvalue weighted by Gasteiger charge is -2.25. The molecule has 0 bridgehead atoms. The Morgan fingerprint density at radius 2 is 2.17 bits per heavy atom. The van der Waals surface area contributed by atoms with Crippen LogP contribution in [-0.2, 0) is 11.2 Å². The van der Waals surface area contributed by atoms with Crippen LogP contribution >= 0.6 is 0 Å². The van der Waals surface area contributed by atoms with E-state index >= 15 is 0 Å². The zero-order valence-corrected chi connectivity index (χ0v) is 10.4. The van der Waals surface area contributed by atoms with Gasteiger partial charge in [-0.1, -0.05) is 6.07 Å². The Kier molecular flexibility index (Phi) is 4.66. The first kappa shape index (κ1) is 13.4. The summed E-state index contributed by atoms with van der Waals surface area (Å²) in [5.74, 6) is -1.07. The molecular formula is C14H19F2NO. The van der Waals surface area contributed by atoms with E-state index in [1.165, 1.54) is 18.6 Å². The Morgan fingerprint density at radius 3 is 2.83 bits per heavy atom. The second-order valence-electron chi connectivity index (χ2n) is 4.92. The van der Waals surface area contributed by atoms with Crippen LogP contribution in [0, 0.1) is 11.6 Å². The summed E-state index contributed by atoms with van der Waals surface area (Å²) in [7, 11) is 0. The van der Waals surface area contributed by atoms with Gasteiger partial charge in [0.05, 0.1) is 6.10 Å². The summed E-state index contributed by atoms with van der Waals surface area (Å²) in [5.41, 5.74) is 6.48. The topological polar surface area (TPSA) is 35.2 Å². The first-order chi connectivity index (χ1) is 8.65. The van der Waals surface area contributed by atoms with E-state index in [-0.39, 0.29) is 12.1 Å². The van der Waals surface area contributed by atoms with Crippen molar-refractivity contribution in [3.8, 4) is 0 Å². The number of hydrogen-bond donors (Lipinski definition) is 1. The lowest BCUT2D eigenvalue weighted by atomic mass is 9.97. The second-order valence-corrected chi connectivity index (χ2v) is 4.92. The van der Waals surface area contributed by atoms with Crippen molar-refractivity contribution in [1.29, 1.82) is 0 Å². The Morgan fingerprint density at radius 1 is 1.33 bits per heavy atom. The highest BCUT2D eigenvalue weighted by molar-refractivity contribution is 5.19. The highest BCUT2D eigenvalue weighted by Gasteiger charge is 2.18. The molecule has 1 aliphatic rings. The van der Waals surface area contributed by atoms with Gasteiger partial charge < -0.3 is 10.5 Å². The molecule has 1 aliphatic heterocycles. The van der Waals surface area contributed by atoms with Gasteiger partial charge in [-0.3, -0.25) is 0 Å². The van der Waals surface area contributed by atoms with E-state index in [2.05, 4.69) is 0 Å². The van der Waals surface area contributed by atoms with Crippen molar-refractivity contribution in [3.05, 3.63) is 35.4 Å². The Hall–Kier alpha value is -1.00. The maximum absolute atomic E-state index is 13.5. The standard InChI is InChI=1S/C14H19F2NO/c15-11-5-4-10(14(16)8-11)7-12(17)9-13-3-1-2-6-18-13/h4-5,8,12-13H,1-3,6-7,9,17H2. The quantitative estimate of drug-likeness (QED) is 0.898. The zero-order chi connectivity index (χ0) is 13.0. The highest BCUT2D eigenvalue weighted by Crippen LogP contribution is 2.19. The van der Waals surface area contributed by atoms with Crippen molar-refractivity contribution in [1.82, 2.24) is 0 Å². The van der Waals surface area contributed by atoms with E-state index in [0.29, 0.717) is 12.0 Å². The predicted molar refractivity (Wildman–Crippen MR) is 66.2 cm³/mol. The minimum absolute atomic E-state index is 0.145. The van der Waals surface area contributed by atoms with E-state index in [0.717, 1.165) is 31.9 Å². The summed E-state index contributed by atoms with van der Waals surface area (Å²) in [6.07, 6.45) is 4.65.